The SMILES string of the molecule is CSCC[C@H](NC(=O)OC(C)(C)C)C(=O)Oc1ccc2c3c(c(=O)oc2c1)CCC3. The fourth-order valence-electron chi connectivity index (χ4n) is 3.45. The van der Waals surface area contributed by atoms with E-state index in [1.807, 2.05) is 12.3 Å². The van der Waals surface area contributed by atoms with Crippen molar-refractivity contribution in [2.24, 2.45) is 0 Å². The second-order valence-electron chi connectivity index (χ2n) is 8.26. The van der Waals surface area contributed by atoms with Crippen molar-refractivity contribution in [2.75, 3.05) is 12.0 Å². The van der Waals surface area contributed by atoms with Crippen LogP contribution in [0.15, 0.2) is 27.4 Å². The number of esters is 1. The van der Waals surface area contributed by atoms with Crippen LogP contribution < -0.4 is 15.7 Å². The molecule has 1 aromatic carbocycles. The van der Waals surface area contributed by atoms with Gasteiger partial charge in [-0.2, -0.15) is 11.8 Å². The topological polar surface area (TPSA) is 94.8 Å². The predicted molar refractivity (Wildman–Crippen MR) is 116 cm³/mol. The first-order chi connectivity index (χ1) is 14.2. The van der Waals surface area contributed by atoms with Gasteiger partial charge >= 0.3 is 17.7 Å². The van der Waals surface area contributed by atoms with Gasteiger partial charge in [0.1, 0.15) is 23.0 Å². The summed E-state index contributed by atoms with van der Waals surface area (Å²) in [7, 11) is 0. The van der Waals surface area contributed by atoms with Gasteiger partial charge in [-0.05, 0) is 76.2 Å². The number of carbonyl (C=O) groups excluding carboxylic acids is 2. The number of nitrogens with one attached hydrogen (secondary N) is 1. The van der Waals surface area contributed by atoms with Crippen LogP contribution in [0.3, 0.4) is 0 Å². The average molecular weight is 434 g/mol. The minimum atomic E-state index is -0.852. The lowest BCUT2D eigenvalue weighted by atomic mass is 10.1. The van der Waals surface area contributed by atoms with Crippen molar-refractivity contribution in [3.8, 4) is 5.75 Å². The predicted octanol–water partition coefficient (Wildman–Crippen LogP) is 3.83. The smallest absolute Gasteiger partial charge is 0.408 e. The lowest BCUT2D eigenvalue weighted by Crippen LogP contribution is -2.45. The Balaban J connectivity index is 1.77. The number of hydrogen-bond donors (Lipinski definition) is 1. The fraction of sp³-hybridized carbons (Fsp3) is 0.500. The van der Waals surface area contributed by atoms with Crippen LogP contribution in [0.2, 0.25) is 0 Å². The third kappa shape index (κ3) is 5.36. The summed E-state index contributed by atoms with van der Waals surface area (Å²) < 4.78 is 16.2. The van der Waals surface area contributed by atoms with Gasteiger partial charge in [0.25, 0.3) is 0 Å². The van der Waals surface area contributed by atoms with E-state index in [9.17, 15) is 14.4 Å². The Hall–Kier alpha value is -2.48. The highest BCUT2D eigenvalue weighted by Crippen LogP contribution is 2.29. The van der Waals surface area contributed by atoms with Crippen LogP contribution in [0.25, 0.3) is 11.0 Å². The van der Waals surface area contributed by atoms with Crippen molar-refractivity contribution in [2.45, 2.75) is 58.1 Å². The zero-order chi connectivity index (χ0) is 21.9. The number of fused-ring (bicyclic) bond motifs is 3. The van der Waals surface area contributed by atoms with Crippen LogP contribution in [-0.4, -0.2) is 35.7 Å². The molecule has 1 aromatic heterocycles. The fourth-order valence-corrected chi connectivity index (χ4v) is 3.92. The monoisotopic (exact) mass is 433 g/mol. The molecule has 0 saturated carbocycles. The normalized spacial score (nSPS) is 14.3. The van der Waals surface area contributed by atoms with Crippen molar-refractivity contribution in [3.63, 3.8) is 0 Å². The van der Waals surface area contributed by atoms with Crippen LogP contribution >= 0.6 is 11.8 Å². The van der Waals surface area contributed by atoms with Gasteiger partial charge < -0.3 is 19.2 Å². The van der Waals surface area contributed by atoms with Gasteiger partial charge in [-0.25, -0.2) is 14.4 Å². The largest absolute Gasteiger partial charge is 0.444 e. The Labute approximate surface area is 179 Å². The number of aryl methyl sites for hydroxylation is 1. The van der Waals surface area contributed by atoms with Gasteiger partial charge in [-0.15, -0.1) is 0 Å². The molecule has 1 heterocycles. The van der Waals surface area contributed by atoms with Crippen molar-refractivity contribution < 1.29 is 23.5 Å². The molecule has 0 fully saturated rings. The number of ether oxygens (including phenoxy) is 2. The molecule has 0 spiro atoms. The molecule has 0 aliphatic heterocycles. The number of benzene rings is 1. The summed E-state index contributed by atoms with van der Waals surface area (Å²) >= 11 is 1.56. The van der Waals surface area contributed by atoms with Gasteiger partial charge in [0.15, 0.2) is 0 Å². The van der Waals surface area contributed by atoms with Crippen LogP contribution in [0, 0.1) is 0 Å². The molecule has 8 heteroatoms. The molecule has 1 aliphatic carbocycles. The third-order valence-corrected chi connectivity index (χ3v) is 5.39. The van der Waals surface area contributed by atoms with Gasteiger partial charge in [0.05, 0.1) is 0 Å². The molecule has 1 amide bonds. The van der Waals surface area contributed by atoms with Gasteiger partial charge in [0.2, 0.25) is 0 Å². The molecule has 2 aromatic rings. The number of thioether (sulfide) groups is 1. The van der Waals surface area contributed by atoms with Crippen molar-refractivity contribution in [1.82, 2.24) is 5.32 Å². The van der Waals surface area contributed by atoms with Crippen LogP contribution in [-0.2, 0) is 22.4 Å². The zero-order valence-electron chi connectivity index (χ0n) is 17.7. The van der Waals surface area contributed by atoms with Gasteiger partial charge in [-0.1, -0.05) is 0 Å². The Bertz CT molecular complexity index is 1010. The lowest BCUT2D eigenvalue weighted by molar-refractivity contribution is -0.136. The molecule has 30 heavy (non-hydrogen) atoms. The maximum Gasteiger partial charge on any atom is 0.408 e. The van der Waals surface area contributed by atoms with Gasteiger partial charge in [0, 0.05) is 17.0 Å². The molecule has 1 atom stereocenters. The Morgan fingerprint density at radius 2 is 1.97 bits per heavy atom. The molecular weight excluding hydrogens is 406 g/mol. The summed E-state index contributed by atoms with van der Waals surface area (Å²) in [4.78, 5) is 37.0. The van der Waals surface area contributed by atoms with E-state index < -0.39 is 23.7 Å². The molecule has 7 nitrogen and oxygen atoms in total. The second kappa shape index (κ2) is 9.12. The second-order valence-corrected chi connectivity index (χ2v) is 9.25. The molecule has 0 saturated heterocycles. The molecule has 0 unspecified atom stereocenters. The van der Waals surface area contributed by atoms with Gasteiger partial charge in [-0.3, -0.25) is 0 Å². The molecule has 162 valence electrons. The molecular formula is C22H27NO6S. The van der Waals surface area contributed by atoms with E-state index >= 15 is 0 Å². The van der Waals surface area contributed by atoms with E-state index in [1.165, 1.54) is 0 Å². The summed E-state index contributed by atoms with van der Waals surface area (Å²) in [5, 5.41) is 3.45. The molecule has 3 rings (SSSR count). The maximum absolute atomic E-state index is 12.7. The van der Waals surface area contributed by atoms with E-state index in [0.717, 1.165) is 35.8 Å². The van der Waals surface area contributed by atoms with E-state index in [2.05, 4.69) is 5.32 Å². The molecule has 0 radical (unpaired) electrons. The van der Waals surface area contributed by atoms with Crippen LogP contribution in [0.5, 0.6) is 5.75 Å². The molecule has 0 bridgehead atoms. The highest BCUT2D eigenvalue weighted by Gasteiger charge is 2.26. The summed E-state index contributed by atoms with van der Waals surface area (Å²) in [6.45, 7) is 5.25. The van der Waals surface area contributed by atoms with Crippen LogP contribution in [0.4, 0.5) is 4.79 Å². The number of rotatable bonds is 6. The third-order valence-electron chi connectivity index (χ3n) is 4.75. The zero-order valence-corrected chi connectivity index (χ0v) is 18.5. The molecule has 1 aliphatic rings. The van der Waals surface area contributed by atoms with Crippen LogP contribution in [0.1, 0.15) is 44.7 Å². The first kappa shape index (κ1) is 22.2. The van der Waals surface area contributed by atoms with E-state index in [-0.39, 0.29) is 11.4 Å². The summed E-state index contributed by atoms with van der Waals surface area (Å²) in [5.41, 5.74) is 1.15. The Morgan fingerprint density at radius 1 is 1.23 bits per heavy atom. The summed E-state index contributed by atoms with van der Waals surface area (Å²) in [5.74, 6) is 0.320. The number of carbonyl (C=O) groups is 2. The van der Waals surface area contributed by atoms with E-state index in [0.29, 0.717) is 17.8 Å². The maximum atomic E-state index is 12.7. The number of alkyl carbamates (subject to hydrolysis) is 1. The quantitative estimate of drug-likeness (QED) is 0.420. The minimum Gasteiger partial charge on any atom is -0.444 e. The van der Waals surface area contributed by atoms with E-state index in [4.69, 9.17) is 13.9 Å². The first-order valence-electron chi connectivity index (χ1n) is 9.96. The average Bonchev–Trinajstić information content (AvgIpc) is 3.14. The summed E-state index contributed by atoms with van der Waals surface area (Å²) in [6.07, 6.45) is 4.15. The van der Waals surface area contributed by atoms with Crippen molar-refractivity contribution >= 4 is 34.8 Å². The van der Waals surface area contributed by atoms with Crippen molar-refractivity contribution in [3.05, 3.63) is 39.7 Å². The molecule has 1 N–H and O–H groups in total. The minimum absolute atomic E-state index is 0.258. The highest BCUT2D eigenvalue weighted by molar-refractivity contribution is 7.98. The lowest BCUT2D eigenvalue weighted by Gasteiger charge is -2.22. The summed E-state index contributed by atoms with van der Waals surface area (Å²) in [6, 6.07) is 4.18. The standard InChI is InChI=1S/C22H27NO6S/c1-22(2,3)29-21(26)23-17(10-11-30-4)20(25)27-13-8-9-15-14-6-5-7-16(14)19(24)28-18(15)12-13/h8-9,12,17H,5-7,10-11H2,1-4H3,(H,23,26)/t17-/m0/s1. The van der Waals surface area contributed by atoms with Crippen molar-refractivity contribution in [1.29, 1.82) is 0 Å². The Morgan fingerprint density at radius 3 is 2.67 bits per heavy atom. The highest BCUT2D eigenvalue weighted by atomic mass is 32.2. The first-order valence-corrected chi connectivity index (χ1v) is 11.4. The van der Waals surface area contributed by atoms with E-state index in [1.54, 1.807) is 44.7 Å². The number of amides is 1. The Kier molecular flexibility index (Phi) is 6.75. The number of hydrogen-bond acceptors (Lipinski definition) is 7.